The Balaban J connectivity index is 1.43. The van der Waals surface area contributed by atoms with Crippen LogP contribution in [0, 0.1) is 27.7 Å². The van der Waals surface area contributed by atoms with Gasteiger partial charge in [0.1, 0.15) is 26.2 Å². The second-order valence-electron chi connectivity index (χ2n) is 8.59. The lowest BCUT2D eigenvalue weighted by atomic mass is 10.1. The van der Waals surface area contributed by atoms with Crippen molar-refractivity contribution in [2.75, 3.05) is 49.9 Å². The van der Waals surface area contributed by atoms with Crippen LogP contribution in [-0.4, -0.2) is 51.1 Å². The molecule has 6 heteroatoms. The highest BCUT2D eigenvalue weighted by Gasteiger charge is 2.26. The van der Waals surface area contributed by atoms with Gasteiger partial charge in [-0.05, 0) is 62.1 Å². The zero-order valence-corrected chi connectivity index (χ0v) is 18.5. The van der Waals surface area contributed by atoms with E-state index in [-0.39, 0.29) is 11.8 Å². The zero-order chi connectivity index (χ0) is 21.7. The molecule has 0 spiro atoms. The van der Waals surface area contributed by atoms with E-state index < -0.39 is 0 Å². The molecule has 1 aliphatic rings. The van der Waals surface area contributed by atoms with Gasteiger partial charge in [-0.15, -0.1) is 0 Å². The van der Waals surface area contributed by atoms with E-state index in [9.17, 15) is 9.59 Å². The third-order valence-corrected chi connectivity index (χ3v) is 5.74. The number of carbonyl (C=O) groups is 2. The van der Waals surface area contributed by atoms with Gasteiger partial charge in [-0.3, -0.25) is 9.59 Å². The average Bonchev–Trinajstić information content (AvgIpc) is 2.65. The average molecular weight is 411 g/mol. The Morgan fingerprint density at radius 2 is 1.23 bits per heavy atom. The SMILES string of the molecule is Cc1cc(C)cc(NC(=O)C[NH+]2CC[NH+](CC(=O)Nc3c(C)cccc3C)CC2)c1. The molecule has 0 bridgehead atoms. The van der Waals surface area contributed by atoms with E-state index in [1.807, 2.05) is 58.0 Å². The summed E-state index contributed by atoms with van der Waals surface area (Å²) in [6, 6.07) is 12.1. The number of rotatable bonds is 6. The minimum Gasteiger partial charge on any atom is -0.321 e. The van der Waals surface area contributed by atoms with E-state index >= 15 is 0 Å². The van der Waals surface area contributed by atoms with Crippen LogP contribution >= 0.6 is 0 Å². The largest absolute Gasteiger partial charge is 0.321 e. The van der Waals surface area contributed by atoms with Gasteiger partial charge in [-0.25, -0.2) is 0 Å². The normalized spacial score (nSPS) is 18.7. The lowest BCUT2D eigenvalue weighted by Crippen LogP contribution is -3.28. The molecule has 0 radical (unpaired) electrons. The molecule has 0 aliphatic carbocycles. The van der Waals surface area contributed by atoms with Crippen molar-refractivity contribution in [3.63, 3.8) is 0 Å². The molecule has 0 unspecified atom stereocenters. The second-order valence-corrected chi connectivity index (χ2v) is 8.59. The van der Waals surface area contributed by atoms with Gasteiger partial charge in [-0.1, -0.05) is 24.3 Å². The number of hydrogen-bond acceptors (Lipinski definition) is 2. The summed E-state index contributed by atoms with van der Waals surface area (Å²) in [5, 5.41) is 6.10. The molecule has 1 heterocycles. The molecule has 1 fully saturated rings. The van der Waals surface area contributed by atoms with Gasteiger partial charge in [0.15, 0.2) is 13.1 Å². The second kappa shape index (κ2) is 9.87. The molecule has 2 amide bonds. The number of para-hydroxylation sites is 1. The first-order valence-electron chi connectivity index (χ1n) is 10.7. The van der Waals surface area contributed by atoms with Crippen molar-refractivity contribution in [3.8, 4) is 0 Å². The maximum Gasteiger partial charge on any atom is 0.279 e. The highest BCUT2D eigenvalue weighted by atomic mass is 16.2. The number of amides is 2. The van der Waals surface area contributed by atoms with Gasteiger partial charge >= 0.3 is 0 Å². The van der Waals surface area contributed by atoms with Crippen LogP contribution in [0.2, 0.25) is 0 Å². The first-order valence-corrected chi connectivity index (χ1v) is 10.7. The minimum atomic E-state index is 0.0474. The lowest BCUT2D eigenvalue weighted by Gasteiger charge is -2.29. The van der Waals surface area contributed by atoms with Crippen LogP contribution < -0.4 is 20.4 Å². The molecule has 1 saturated heterocycles. The fourth-order valence-corrected chi connectivity index (χ4v) is 4.21. The third kappa shape index (κ3) is 6.15. The number of aryl methyl sites for hydroxylation is 4. The van der Waals surface area contributed by atoms with Crippen molar-refractivity contribution in [1.82, 2.24) is 0 Å². The van der Waals surface area contributed by atoms with E-state index in [0.717, 1.165) is 59.8 Å². The molecule has 0 saturated carbocycles. The van der Waals surface area contributed by atoms with Gasteiger partial charge in [0.05, 0.1) is 0 Å². The van der Waals surface area contributed by atoms with Gasteiger partial charge in [0.2, 0.25) is 0 Å². The Bertz CT molecular complexity index is 877. The lowest BCUT2D eigenvalue weighted by molar-refractivity contribution is -1.00. The van der Waals surface area contributed by atoms with Crippen LogP contribution in [0.15, 0.2) is 36.4 Å². The van der Waals surface area contributed by atoms with Crippen LogP contribution in [0.25, 0.3) is 0 Å². The number of piperazine rings is 1. The first kappa shape index (κ1) is 22.0. The maximum absolute atomic E-state index is 12.5. The molecular weight excluding hydrogens is 376 g/mol. The van der Waals surface area contributed by atoms with Crippen molar-refractivity contribution in [1.29, 1.82) is 0 Å². The smallest absolute Gasteiger partial charge is 0.279 e. The molecule has 0 aromatic heterocycles. The summed E-state index contributed by atoms with van der Waals surface area (Å²) in [6.07, 6.45) is 0. The van der Waals surface area contributed by atoms with Gasteiger partial charge in [0.25, 0.3) is 11.8 Å². The fraction of sp³-hybridized carbons (Fsp3) is 0.417. The summed E-state index contributed by atoms with van der Waals surface area (Å²) in [5.41, 5.74) is 6.26. The van der Waals surface area contributed by atoms with Crippen molar-refractivity contribution < 1.29 is 19.4 Å². The molecule has 0 atom stereocenters. The minimum absolute atomic E-state index is 0.0474. The number of benzene rings is 2. The highest BCUT2D eigenvalue weighted by molar-refractivity contribution is 5.93. The quantitative estimate of drug-likeness (QED) is 0.553. The van der Waals surface area contributed by atoms with Crippen LogP contribution in [0.4, 0.5) is 11.4 Å². The summed E-state index contributed by atoms with van der Waals surface area (Å²) in [4.78, 5) is 27.5. The molecule has 160 valence electrons. The molecule has 2 aromatic carbocycles. The van der Waals surface area contributed by atoms with Crippen LogP contribution in [-0.2, 0) is 9.59 Å². The standard InChI is InChI=1S/C24H32N4O2/c1-17-12-18(2)14-21(13-17)25-22(29)15-27-8-10-28(11-9-27)16-23(30)26-24-19(3)6-5-7-20(24)4/h5-7,12-14H,8-11,15-16H2,1-4H3,(H,25,29)(H,26,30)/p+2. The van der Waals surface area contributed by atoms with Crippen molar-refractivity contribution in [2.45, 2.75) is 27.7 Å². The highest BCUT2D eigenvalue weighted by Crippen LogP contribution is 2.18. The maximum atomic E-state index is 12.5. The number of anilines is 2. The summed E-state index contributed by atoms with van der Waals surface area (Å²) in [7, 11) is 0. The number of nitrogens with one attached hydrogen (secondary N) is 4. The predicted octanol–water partition coefficient (Wildman–Crippen LogP) is 0.281. The van der Waals surface area contributed by atoms with E-state index in [2.05, 4.69) is 16.7 Å². The summed E-state index contributed by atoms with van der Waals surface area (Å²) >= 11 is 0. The van der Waals surface area contributed by atoms with Crippen molar-refractivity contribution in [2.24, 2.45) is 0 Å². The molecule has 6 nitrogen and oxygen atoms in total. The van der Waals surface area contributed by atoms with Gasteiger partial charge < -0.3 is 20.4 Å². The number of hydrogen-bond donors (Lipinski definition) is 4. The fourth-order valence-electron chi connectivity index (χ4n) is 4.21. The number of quaternary nitrogens is 2. The predicted molar refractivity (Wildman–Crippen MR) is 120 cm³/mol. The van der Waals surface area contributed by atoms with Gasteiger partial charge in [-0.2, -0.15) is 0 Å². The summed E-state index contributed by atoms with van der Waals surface area (Å²) in [6.45, 7) is 12.6. The molecule has 2 aromatic rings. The van der Waals surface area contributed by atoms with E-state index in [4.69, 9.17) is 0 Å². The molecule has 30 heavy (non-hydrogen) atoms. The summed E-state index contributed by atoms with van der Waals surface area (Å²) in [5.74, 6) is 0.102. The Hall–Kier alpha value is -2.70. The van der Waals surface area contributed by atoms with Crippen LogP contribution in [0.3, 0.4) is 0 Å². The Labute approximate surface area is 179 Å². The van der Waals surface area contributed by atoms with Crippen molar-refractivity contribution in [3.05, 3.63) is 58.7 Å². The van der Waals surface area contributed by atoms with Crippen LogP contribution in [0.1, 0.15) is 22.3 Å². The Morgan fingerprint density at radius 3 is 1.73 bits per heavy atom. The molecule has 4 N–H and O–H groups in total. The molecule has 1 aliphatic heterocycles. The molecular formula is C24H34N4O2+2. The van der Waals surface area contributed by atoms with Gasteiger partial charge in [0, 0.05) is 11.4 Å². The number of carbonyl (C=O) groups excluding carboxylic acids is 2. The molecule has 3 rings (SSSR count). The first-order chi connectivity index (χ1) is 14.3. The van der Waals surface area contributed by atoms with Crippen LogP contribution in [0.5, 0.6) is 0 Å². The Morgan fingerprint density at radius 1 is 0.767 bits per heavy atom. The van der Waals surface area contributed by atoms with E-state index in [1.54, 1.807) is 0 Å². The van der Waals surface area contributed by atoms with E-state index in [1.165, 1.54) is 9.80 Å². The zero-order valence-electron chi connectivity index (χ0n) is 18.5. The summed E-state index contributed by atoms with van der Waals surface area (Å²) < 4.78 is 0. The Kier molecular flexibility index (Phi) is 7.24. The van der Waals surface area contributed by atoms with Crippen molar-refractivity contribution >= 4 is 23.2 Å². The third-order valence-electron chi connectivity index (χ3n) is 5.74. The van der Waals surface area contributed by atoms with E-state index in [0.29, 0.717) is 13.1 Å². The monoisotopic (exact) mass is 410 g/mol. The topological polar surface area (TPSA) is 67.1 Å².